The molecule has 1 aliphatic rings. The number of alkyl halides is 1. The molecule has 1 aliphatic heterocycles. The molecular formula is C14H27FN2O2. The van der Waals surface area contributed by atoms with E-state index in [1.54, 1.807) is 4.90 Å². The summed E-state index contributed by atoms with van der Waals surface area (Å²) in [5, 5.41) is 0. The molecule has 0 aromatic rings. The summed E-state index contributed by atoms with van der Waals surface area (Å²) in [5.74, 6) is 0.0566. The highest BCUT2D eigenvalue weighted by molar-refractivity contribution is 5.68. The quantitative estimate of drug-likeness (QED) is 0.793. The van der Waals surface area contributed by atoms with Crippen molar-refractivity contribution in [1.82, 2.24) is 9.80 Å². The maximum Gasteiger partial charge on any atom is 0.410 e. The number of ether oxygens (including phenoxy) is 1. The number of amides is 1. The first kappa shape index (κ1) is 16.2. The second kappa shape index (κ2) is 6.55. The van der Waals surface area contributed by atoms with E-state index < -0.39 is 11.8 Å². The fourth-order valence-electron chi connectivity index (χ4n) is 2.27. The Balaban J connectivity index is 2.38. The van der Waals surface area contributed by atoms with Crippen molar-refractivity contribution >= 4 is 6.09 Å². The van der Waals surface area contributed by atoms with Crippen LogP contribution in [0.1, 0.15) is 33.6 Å². The number of hydrogen-bond donors (Lipinski definition) is 0. The van der Waals surface area contributed by atoms with Gasteiger partial charge in [-0.15, -0.1) is 0 Å². The summed E-state index contributed by atoms with van der Waals surface area (Å²) in [5.41, 5.74) is -0.471. The van der Waals surface area contributed by atoms with Crippen LogP contribution >= 0.6 is 0 Å². The first-order valence-corrected chi connectivity index (χ1v) is 6.96. The first-order chi connectivity index (χ1) is 8.69. The van der Waals surface area contributed by atoms with Gasteiger partial charge in [0.1, 0.15) is 11.8 Å². The summed E-state index contributed by atoms with van der Waals surface area (Å²) in [6.07, 6.45) is 0.340. The number of piperidine rings is 1. The van der Waals surface area contributed by atoms with Gasteiger partial charge in [0.25, 0.3) is 0 Å². The van der Waals surface area contributed by atoms with Crippen LogP contribution in [0, 0.1) is 5.92 Å². The lowest BCUT2D eigenvalue weighted by atomic mass is 9.92. The SMILES string of the molecule is CN(C)C[C@@H](F)C1CCN(C(=O)OC(C)(C)C)CC1. The molecule has 0 radical (unpaired) electrons. The number of hydrogen-bond acceptors (Lipinski definition) is 3. The zero-order chi connectivity index (χ0) is 14.6. The van der Waals surface area contributed by atoms with E-state index in [-0.39, 0.29) is 12.0 Å². The van der Waals surface area contributed by atoms with Crippen LogP contribution in [0.25, 0.3) is 0 Å². The van der Waals surface area contributed by atoms with Crippen LogP contribution in [0.2, 0.25) is 0 Å². The van der Waals surface area contributed by atoms with E-state index >= 15 is 0 Å². The third-order valence-electron chi connectivity index (χ3n) is 3.24. The Hall–Kier alpha value is -0.840. The van der Waals surface area contributed by atoms with Crippen molar-refractivity contribution < 1.29 is 13.9 Å². The molecule has 112 valence electrons. The van der Waals surface area contributed by atoms with E-state index in [0.29, 0.717) is 32.5 Å². The molecule has 0 aromatic heterocycles. The minimum atomic E-state index is -0.809. The Kier molecular flexibility index (Phi) is 5.59. The van der Waals surface area contributed by atoms with E-state index in [9.17, 15) is 9.18 Å². The van der Waals surface area contributed by atoms with Gasteiger partial charge in [-0.2, -0.15) is 0 Å². The third kappa shape index (κ3) is 5.76. The number of rotatable bonds is 3. The average molecular weight is 274 g/mol. The molecule has 0 aromatic carbocycles. The average Bonchev–Trinajstić information content (AvgIpc) is 2.26. The highest BCUT2D eigenvalue weighted by atomic mass is 19.1. The lowest BCUT2D eigenvalue weighted by Gasteiger charge is -2.35. The van der Waals surface area contributed by atoms with Gasteiger partial charge in [-0.1, -0.05) is 0 Å². The van der Waals surface area contributed by atoms with Crippen molar-refractivity contribution in [2.75, 3.05) is 33.7 Å². The second-order valence-corrected chi connectivity index (χ2v) is 6.58. The normalized spacial score (nSPS) is 19.6. The van der Waals surface area contributed by atoms with Gasteiger partial charge >= 0.3 is 6.09 Å². The van der Waals surface area contributed by atoms with E-state index in [1.807, 2.05) is 39.8 Å². The predicted molar refractivity (Wildman–Crippen MR) is 74.0 cm³/mol. The molecule has 0 bridgehead atoms. The second-order valence-electron chi connectivity index (χ2n) is 6.58. The third-order valence-corrected chi connectivity index (χ3v) is 3.24. The topological polar surface area (TPSA) is 32.8 Å². The highest BCUT2D eigenvalue weighted by Gasteiger charge is 2.30. The Morgan fingerprint density at radius 2 is 1.89 bits per heavy atom. The zero-order valence-corrected chi connectivity index (χ0v) is 12.8. The van der Waals surface area contributed by atoms with E-state index in [4.69, 9.17) is 4.74 Å². The Morgan fingerprint density at radius 1 is 1.37 bits per heavy atom. The van der Waals surface area contributed by atoms with Gasteiger partial charge in [0.15, 0.2) is 0 Å². The van der Waals surface area contributed by atoms with Gasteiger partial charge in [0.05, 0.1) is 0 Å². The summed E-state index contributed by atoms with van der Waals surface area (Å²) < 4.78 is 19.3. The largest absolute Gasteiger partial charge is 0.444 e. The molecule has 1 saturated heterocycles. The molecule has 1 amide bonds. The zero-order valence-electron chi connectivity index (χ0n) is 12.8. The number of likely N-dealkylation sites (tertiary alicyclic amines) is 1. The summed E-state index contributed by atoms with van der Waals surface area (Å²) in [4.78, 5) is 15.4. The number of carbonyl (C=O) groups excluding carboxylic acids is 1. The molecule has 0 saturated carbocycles. The lowest BCUT2D eigenvalue weighted by molar-refractivity contribution is 0.0134. The van der Waals surface area contributed by atoms with E-state index in [2.05, 4.69) is 0 Å². The monoisotopic (exact) mass is 274 g/mol. The summed E-state index contributed by atoms with van der Waals surface area (Å²) in [7, 11) is 3.75. The smallest absolute Gasteiger partial charge is 0.410 e. The van der Waals surface area contributed by atoms with Gasteiger partial charge in [0.2, 0.25) is 0 Å². The standard InChI is InChI=1S/C14H27FN2O2/c1-14(2,3)19-13(18)17-8-6-11(7-9-17)12(15)10-16(4)5/h11-12H,6-10H2,1-5H3/t12-/m1/s1. The first-order valence-electron chi connectivity index (χ1n) is 6.96. The summed E-state index contributed by atoms with van der Waals surface area (Å²) in [6.45, 7) is 7.20. The molecule has 1 rings (SSSR count). The molecule has 0 aliphatic carbocycles. The summed E-state index contributed by atoms with van der Waals surface area (Å²) in [6, 6.07) is 0. The van der Waals surface area contributed by atoms with Crippen molar-refractivity contribution in [3.8, 4) is 0 Å². The molecule has 0 N–H and O–H groups in total. The molecular weight excluding hydrogens is 247 g/mol. The van der Waals surface area contributed by atoms with E-state index in [0.717, 1.165) is 0 Å². The molecule has 5 heteroatoms. The van der Waals surface area contributed by atoms with Crippen molar-refractivity contribution in [3.63, 3.8) is 0 Å². The molecule has 0 unspecified atom stereocenters. The van der Waals surface area contributed by atoms with Crippen LogP contribution in [0.4, 0.5) is 9.18 Å². The molecule has 1 heterocycles. The lowest BCUT2D eigenvalue weighted by Crippen LogP contribution is -2.44. The van der Waals surface area contributed by atoms with Gasteiger partial charge in [0, 0.05) is 19.6 Å². The van der Waals surface area contributed by atoms with E-state index in [1.165, 1.54) is 0 Å². The molecule has 19 heavy (non-hydrogen) atoms. The van der Waals surface area contributed by atoms with Gasteiger partial charge in [-0.3, -0.25) is 0 Å². The van der Waals surface area contributed by atoms with Crippen molar-refractivity contribution in [1.29, 1.82) is 0 Å². The van der Waals surface area contributed by atoms with Crippen LogP contribution in [0.15, 0.2) is 0 Å². The van der Waals surface area contributed by atoms with Crippen LogP contribution < -0.4 is 0 Å². The maximum absolute atomic E-state index is 14.0. The molecule has 1 atom stereocenters. The van der Waals surface area contributed by atoms with Crippen LogP contribution in [0.5, 0.6) is 0 Å². The predicted octanol–water partition coefficient (Wildman–Crippen LogP) is 2.53. The van der Waals surface area contributed by atoms with Gasteiger partial charge in [-0.05, 0) is 53.6 Å². The minimum Gasteiger partial charge on any atom is -0.444 e. The summed E-state index contributed by atoms with van der Waals surface area (Å²) >= 11 is 0. The fourth-order valence-corrected chi connectivity index (χ4v) is 2.27. The molecule has 4 nitrogen and oxygen atoms in total. The minimum absolute atomic E-state index is 0.0566. The van der Waals surface area contributed by atoms with Gasteiger partial charge in [-0.25, -0.2) is 9.18 Å². The number of halogens is 1. The Morgan fingerprint density at radius 3 is 2.32 bits per heavy atom. The van der Waals surface area contributed by atoms with Crippen LogP contribution in [-0.4, -0.2) is 61.4 Å². The van der Waals surface area contributed by atoms with Gasteiger partial charge < -0.3 is 14.5 Å². The van der Waals surface area contributed by atoms with Crippen LogP contribution in [-0.2, 0) is 4.74 Å². The fraction of sp³-hybridized carbons (Fsp3) is 0.929. The number of carbonyl (C=O) groups is 1. The van der Waals surface area contributed by atoms with Crippen molar-refractivity contribution in [3.05, 3.63) is 0 Å². The Labute approximate surface area is 115 Å². The van der Waals surface area contributed by atoms with Crippen molar-refractivity contribution in [2.24, 2.45) is 5.92 Å². The molecule has 0 spiro atoms. The Bertz CT molecular complexity index is 294. The number of nitrogens with zero attached hydrogens (tertiary/aromatic N) is 2. The van der Waals surface area contributed by atoms with Crippen LogP contribution in [0.3, 0.4) is 0 Å². The highest BCUT2D eigenvalue weighted by Crippen LogP contribution is 2.24. The maximum atomic E-state index is 14.0. The molecule has 1 fully saturated rings. The van der Waals surface area contributed by atoms with Crippen molar-refractivity contribution in [2.45, 2.75) is 45.4 Å².